The molecule has 0 radical (unpaired) electrons. The van der Waals surface area contributed by atoms with Crippen molar-refractivity contribution in [3.05, 3.63) is 66.1 Å². The number of amides is 2. The van der Waals surface area contributed by atoms with Crippen LogP contribution in [-0.2, 0) is 11.3 Å². The van der Waals surface area contributed by atoms with E-state index in [0.29, 0.717) is 6.54 Å². The third kappa shape index (κ3) is 2.39. The lowest BCUT2D eigenvalue weighted by atomic mass is 10.1. The molecule has 0 aliphatic carbocycles. The number of fused-ring (bicyclic) bond motifs is 1. The summed E-state index contributed by atoms with van der Waals surface area (Å²) in [6.07, 6.45) is 3.74. The summed E-state index contributed by atoms with van der Waals surface area (Å²) in [5.41, 5.74) is 2.87. The first-order chi connectivity index (χ1) is 11.6. The highest BCUT2D eigenvalue weighted by Gasteiger charge is 2.39. The second kappa shape index (κ2) is 5.79. The van der Waals surface area contributed by atoms with Crippen molar-refractivity contribution in [2.45, 2.75) is 11.8 Å². The van der Waals surface area contributed by atoms with Gasteiger partial charge < -0.3 is 4.57 Å². The van der Waals surface area contributed by atoms with E-state index in [1.807, 2.05) is 48.7 Å². The Morgan fingerprint density at radius 1 is 1.12 bits per heavy atom. The average molecular weight is 337 g/mol. The second-order valence-corrected chi connectivity index (χ2v) is 6.77. The van der Waals surface area contributed by atoms with Gasteiger partial charge in [0.2, 0.25) is 5.91 Å². The molecule has 2 aromatic heterocycles. The molecule has 0 bridgehead atoms. The molecule has 1 aliphatic heterocycles. The summed E-state index contributed by atoms with van der Waals surface area (Å²) in [5, 5.41) is 0.325. The van der Waals surface area contributed by atoms with E-state index in [4.69, 9.17) is 0 Å². The van der Waals surface area contributed by atoms with Gasteiger partial charge in [-0.2, -0.15) is 0 Å². The highest BCUT2D eigenvalue weighted by Crippen LogP contribution is 2.42. The maximum Gasteiger partial charge on any atom is 0.289 e. The van der Waals surface area contributed by atoms with Gasteiger partial charge in [0.1, 0.15) is 5.25 Å². The molecule has 1 unspecified atom stereocenters. The summed E-state index contributed by atoms with van der Waals surface area (Å²) in [7, 11) is 1.53. The minimum absolute atomic E-state index is 0.161. The Labute approximate surface area is 143 Å². The minimum atomic E-state index is -0.475. The molecule has 120 valence electrons. The number of likely N-dealkylation sites (N-methyl/N-ethyl adjacent to an activating group) is 1. The molecule has 0 spiro atoms. The summed E-state index contributed by atoms with van der Waals surface area (Å²) in [6.45, 7) is 0.622. The smallest absolute Gasteiger partial charge is 0.289 e. The van der Waals surface area contributed by atoms with E-state index in [2.05, 4.69) is 9.55 Å². The molecule has 3 aromatic rings. The van der Waals surface area contributed by atoms with E-state index >= 15 is 0 Å². The van der Waals surface area contributed by atoms with Crippen LogP contribution >= 0.6 is 11.8 Å². The Balaban J connectivity index is 1.80. The Morgan fingerprint density at radius 3 is 2.62 bits per heavy atom. The quantitative estimate of drug-likeness (QED) is 0.734. The van der Waals surface area contributed by atoms with E-state index < -0.39 is 5.25 Å². The average Bonchev–Trinajstić information content (AvgIpc) is 3.09. The first-order valence-corrected chi connectivity index (χ1v) is 8.49. The molecule has 1 atom stereocenters. The third-order valence-corrected chi connectivity index (χ3v) is 5.37. The Morgan fingerprint density at radius 2 is 1.92 bits per heavy atom. The van der Waals surface area contributed by atoms with Crippen LogP contribution in [0.2, 0.25) is 0 Å². The van der Waals surface area contributed by atoms with Gasteiger partial charge in [-0.15, -0.1) is 0 Å². The van der Waals surface area contributed by atoms with Crippen molar-refractivity contribution in [1.29, 1.82) is 0 Å². The lowest BCUT2D eigenvalue weighted by Gasteiger charge is -2.06. The van der Waals surface area contributed by atoms with Crippen LogP contribution in [0.3, 0.4) is 0 Å². The van der Waals surface area contributed by atoms with Crippen molar-refractivity contribution in [3.63, 3.8) is 0 Å². The SMILES string of the molecule is CN1C(=O)SC(c2cn(Cc3ccccn3)c3ccccc23)C1=O. The number of rotatable bonds is 3. The number of hydrogen-bond acceptors (Lipinski definition) is 4. The molecule has 1 aliphatic rings. The van der Waals surface area contributed by atoms with Crippen molar-refractivity contribution in [3.8, 4) is 0 Å². The highest BCUT2D eigenvalue weighted by atomic mass is 32.2. The molecular weight excluding hydrogens is 322 g/mol. The number of carbonyl (C=O) groups excluding carboxylic acids is 2. The summed E-state index contributed by atoms with van der Waals surface area (Å²) < 4.78 is 2.09. The number of carbonyl (C=O) groups is 2. The molecule has 1 aromatic carbocycles. The Hall–Kier alpha value is -2.60. The van der Waals surface area contributed by atoms with Crippen LogP contribution in [0.4, 0.5) is 4.79 Å². The van der Waals surface area contributed by atoms with Gasteiger partial charge in [0, 0.05) is 35.9 Å². The molecule has 0 N–H and O–H groups in total. The topological polar surface area (TPSA) is 55.2 Å². The molecule has 2 amide bonds. The van der Waals surface area contributed by atoms with E-state index in [0.717, 1.165) is 33.9 Å². The summed E-state index contributed by atoms with van der Waals surface area (Å²) in [5.74, 6) is -0.161. The first kappa shape index (κ1) is 15.0. The van der Waals surface area contributed by atoms with Crippen LogP contribution in [0.5, 0.6) is 0 Å². The molecule has 3 heterocycles. The molecule has 1 saturated heterocycles. The van der Waals surface area contributed by atoms with Gasteiger partial charge in [-0.05, 0) is 30.0 Å². The van der Waals surface area contributed by atoms with Gasteiger partial charge in [-0.25, -0.2) is 0 Å². The van der Waals surface area contributed by atoms with Crippen molar-refractivity contribution in [2.24, 2.45) is 0 Å². The lowest BCUT2D eigenvalue weighted by Crippen LogP contribution is -2.24. The van der Waals surface area contributed by atoms with Gasteiger partial charge in [-0.1, -0.05) is 24.3 Å². The monoisotopic (exact) mass is 337 g/mol. The number of nitrogens with zero attached hydrogens (tertiary/aromatic N) is 3. The fraction of sp³-hybridized carbons (Fsp3) is 0.167. The second-order valence-electron chi connectivity index (χ2n) is 5.71. The summed E-state index contributed by atoms with van der Waals surface area (Å²) in [6, 6.07) is 13.8. The van der Waals surface area contributed by atoms with Gasteiger partial charge in [0.05, 0.1) is 12.2 Å². The third-order valence-electron chi connectivity index (χ3n) is 4.21. The number of imide groups is 1. The summed E-state index contributed by atoms with van der Waals surface area (Å²) >= 11 is 1.08. The van der Waals surface area contributed by atoms with E-state index in [1.165, 1.54) is 11.9 Å². The van der Waals surface area contributed by atoms with Gasteiger partial charge in [0.25, 0.3) is 5.24 Å². The molecule has 5 nitrogen and oxygen atoms in total. The Kier molecular flexibility index (Phi) is 3.61. The van der Waals surface area contributed by atoms with E-state index in [-0.39, 0.29) is 11.1 Å². The van der Waals surface area contributed by atoms with Crippen LogP contribution < -0.4 is 0 Å². The van der Waals surface area contributed by atoms with Gasteiger partial charge >= 0.3 is 0 Å². The van der Waals surface area contributed by atoms with Crippen molar-refractivity contribution in [2.75, 3.05) is 7.05 Å². The molecule has 4 rings (SSSR count). The van der Waals surface area contributed by atoms with Crippen LogP contribution in [0, 0.1) is 0 Å². The van der Waals surface area contributed by atoms with Crippen LogP contribution in [0.1, 0.15) is 16.5 Å². The minimum Gasteiger partial charge on any atom is -0.341 e. The van der Waals surface area contributed by atoms with Crippen molar-refractivity contribution >= 4 is 33.8 Å². The largest absolute Gasteiger partial charge is 0.341 e. The number of benzene rings is 1. The molecule has 0 saturated carbocycles. The summed E-state index contributed by atoms with van der Waals surface area (Å²) in [4.78, 5) is 29.8. The maximum absolute atomic E-state index is 12.4. The number of pyridine rings is 1. The van der Waals surface area contributed by atoms with Gasteiger partial charge in [0.15, 0.2) is 0 Å². The standard InChI is InChI=1S/C18H15N3O2S/c1-20-17(22)16(24-18(20)23)14-11-21(10-12-6-4-5-9-19-12)15-8-3-2-7-13(14)15/h2-9,11,16H,10H2,1H3. The zero-order valence-corrected chi connectivity index (χ0v) is 13.9. The van der Waals surface area contributed by atoms with Crippen molar-refractivity contribution in [1.82, 2.24) is 14.5 Å². The Bertz CT molecular complexity index is 936. The van der Waals surface area contributed by atoms with Crippen LogP contribution in [0.25, 0.3) is 10.9 Å². The first-order valence-electron chi connectivity index (χ1n) is 7.61. The number of thioether (sulfide) groups is 1. The molecule has 24 heavy (non-hydrogen) atoms. The number of hydrogen-bond donors (Lipinski definition) is 0. The molecular formula is C18H15N3O2S. The normalized spacial score (nSPS) is 17.9. The zero-order valence-electron chi connectivity index (χ0n) is 13.0. The van der Waals surface area contributed by atoms with E-state index in [1.54, 1.807) is 6.20 Å². The number of aromatic nitrogens is 2. The highest BCUT2D eigenvalue weighted by molar-refractivity contribution is 8.15. The van der Waals surface area contributed by atoms with Crippen LogP contribution in [0.15, 0.2) is 54.9 Å². The maximum atomic E-state index is 12.4. The van der Waals surface area contributed by atoms with E-state index in [9.17, 15) is 9.59 Å². The lowest BCUT2D eigenvalue weighted by molar-refractivity contribution is -0.125. The molecule has 1 fully saturated rings. The zero-order chi connectivity index (χ0) is 16.7. The molecule has 6 heteroatoms. The fourth-order valence-electron chi connectivity index (χ4n) is 2.97. The van der Waals surface area contributed by atoms with Gasteiger partial charge in [-0.3, -0.25) is 19.5 Å². The fourth-order valence-corrected chi connectivity index (χ4v) is 4.00. The predicted molar refractivity (Wildman–Crippen MR) is 93.8 cm³/mol. The van der Waals surface area contributed by atoms with Crippen LogP contribution in [-0.4, -0.2) is 32.6 Å². The van der Waals surface area contributed by atoms with Crippen molar-refractivity contribution < 1.29 is 9.59 Å². The number of para-hydroxylation sites is 1. The predicted octanol–water partition coefficient (Wildman–Crippen LogP) is 3.45.